The Bertz CT molecular complexity index is 956. The Labute approximate surface area is 144 Å². The number of aromatic nitrogens is 2. The molecule has 24 heavy (non-hydrogen) atoms. The molecule has 0 radical (unpaired) electrons. The van der Waals surface area contributed by atoms with E-state index in [2.05, 4.69) is 14.7 Å². The highest BCUT2D eigenvalue weighted by Gasteiger charge is 2.19. The second-order valence-electron chi connectivity index (χ2n) is 5.06. The number of rotatable bonds is 5. The van der Waals surface area contributed by atoms with E-state index >= 15 is 0 Å². The maximum absolute atomic E-state index is 12.5. The molecule has 0 aliphatic carbocycles. The van der Waals surface area contributed by atoms with E-state index in [9.17, 15) is 8.42 Å². The van der Waals surface area contributed by atoms with Crippen molar-refractivity contribution in [2.75, 3.05) is 0 Å². The number of aryl methyl sites for hydroxylation is 1. The molecule has 0 aliphatic heterocycles. The maximum atomic E-state index is 12.5. The van der Waals surface area contributed by atoms with Gasteiger partial charge in [0.05, 0.1) is 23.4 Å². The molecule has 0 saturated heterocycles. The molecule has 2 aromatic heterocycles. The van der Waals surface area contributed by atoms with E-state index in [0.29, 0.717) is 27.7 Å². The highest BCUT2D eigenvalue weighted by atomic mass is 35.5. The zero-order chi connectivity index (χ0) is 17.2. The molecule has 0 bridgehead atoms. The Kier molecular flexibility index (Phi) is 4.66. The quantitative estimate of drug-likeness (QED) is 0.752. The highest BCUT2D eigenvalue weighted by molar-refractivity contribution is 7.89. The van der Waals surface area contributed by atoms with Gasteiger partial charge in [-0.1, -0.05) is 17.7 Å². The lowest BCUT2D eigenvalue weighted by Gasteiger charge is -2.10. The lowest BCUT2D eigenvalue weighted by atomic mass is 10.2. The summed E-state index contributed by atoms with van der Waals surface area (Å²) < 4.78 is 32.9. The monoisotopic (exact) mass is 363 g/mol. The lowest BCUT2D eigenvalue weighted by molar-refractivity contribution is 0.573. The molecule has 1 aromatic carbocycles. The van der Waals surface area contributed by atoms with Gasteiger partial charge in [0.2, 0.25) is 10.0 Å². The number of furan rings is 1. The van der Waals surface area contributed by atoms with Crippen LogP contribution < -0.4 is 4.72 Å². The summed E-state index contributed by atoms with van der Waals surface area (Å²) >= 11 is 5.91. The van der Waals surface area contributed by atoms with Crippen LogP contribution in [-0.2, 0) is 16.6 Å². The van der Waals surface area contributed by atoms with Gasteiger partial charge < -0.3 is 4.42 Å². The Balaban J connectivity index is 1.87. The van der Waals surface area contributed by atoms with Crippen molar-refractivity contribution < 1.29 is 12.8 Å². The zero-order valence-corrected chi connectivity index (χ0v) is 14.3. The standard InChI is InChI=1S/C16H14ClN3O3S/c1-11-4-5-12(17)9-15(11)24(21,22)20-10-13-16(19-7-6-18-13)14-3-2-8-23-14/h2-9,20H,10H2,1H3. The van der Waals surface area contributed by atoms with Gasteiger partial charge >= 0.3 is 0 Å². The molecule has 6 nitrogen and oxygen atoms in total. The second-order valence-corrected chi connectivity index (χ2v) is 7.24. The predicted molar refractivity (Wildman–Crippen MR) is 89.9 cm³/mol. The average molecular weight is 364 g/mol. The maximum Gasteiger partial charge on any atom is 0.241 e. The van der Waals surface area contributed by atoms with Crippen molar-refractivity contribution in [3.8, 4) is 11.5 Å². The number of hydrogen-bond acceptors (Lipinski definition) is 5. The molecule has 0 atom stereocenters. The smallest absolute Gasteiger partial charge is 0.241 e. The molecule has 0 fully saturated rings. The third-order valence-corrected chi connectivity index (χ3v) is 5.18. The first kappa shape index (κ1) is 16.6. The highest BCUT2D eigenvalue weighted by Crippen LogP contribution is 2.22. The Morgan fingerprint density at radius 2 is 2.00 bits per heavy atom. The van der Waals surface area contributed by atoms with Gasteiger partial charge in [-0.15, -0.1) is 0 Å². The number of hydrogen-bond donors (Lipinski definition) is 1. The number of nitrogens with zero attached hydrogens (tertiary/aromatic N) is 2. The summed E-state index contributed by atoms with van der Waals surface area (Å²) in [6.07, 6.45) is 4.55. The van der Waals surface area contributed by atoms with Crippen LogP contribution in [0, 0.1) is 6.92 Å². The molecule has 1 N–H and O–H groups in total. The van der Waals surface area contributed by atoms with Crippen LogP contribution >= 0.6 is 11.6 Å². The van der Waals surface area contributed by atoms with Crippen molar-refractivity contribution >= 4 is 21.6 Å². The van der Waals surface area contributed by atoms with E-state index in [0.717, 1.165) is 0 Å². The van der Waals surface area contributed by atoms with Crippen molar-refractivity contribution in [1.82, 2.24) is 14.7 Å². The van der Waals surface area contributed by atoms with Crippen LogP contribution in [0.2, 0.25) is 5.02 Å². The topological polar surface area (TPSA) is 85.1 Å². The van der Waals surface area contributed by atoms with Gasteiger partial charge in [0.1, 0.15) is 5.69 Å². The summed E-state index contributed by atoms with van der Waals surface area (Å²) in [5.41, 5.74) is 1.57. The van der Waals surface area contributed by atoms with E-state index in [4.69, 9.17) is 16.0 Å². The minimum absolute atomic E-state index is 0.0157. The molecular weight excluding hydrogens is 350 g/mol. The van der Waals surface area contributed by atoms with Gasteiger partial charge in [0, 0.05) is 17.4 Å². The summed E-state index contributed by atoms with van der Waals surface area (Å²) in [4.78, 5) is 8.55. The molecular formula is C16H14ClN3O3S. The van der Waals surface area contributed by atoms with Crippen molar-refractivity contribution in [2.24, 2.45) is 0 Å². The first-order valence-electron chi connectivity index (χ1n) is 7.07. The summed E-state index contributed by atoms with van der Waals surface area (Å²) in [6.45, 7) is 1.69. The van der Waals surface area contributed by atoms with Gasteiger partial charge in [-0.25, -0.2) is 18.1 Å². The second kappa shape index (κ2) is 6.72. The lowest BCUT2D eigenvalue weighted by Crippen LogP contribution is -2.25. The fraction of sp³-hybridized carbons (Fsp3) is 0.125. The minimum Gasteiger partial charge on any atom is -0.463 e. The van der Waals surface area contributed by atoms with Crippen LogP contribution in [-0.4, -0.2) is 18.4 Å². The van der Waals surface area contributed by atoms with E-state index < -0.39 is 10.0 Å². The number of halogens is 1. The largest absolute Gasteiger partial charge is 0.463 e. The van der Waals surface area contributed by atoms with Gasteiger partial charge in [-0.2, -0.15) is 0 Å². The summed E-state index contributed by atoms with van der Waals surface area (Å²) in [6, 6.07) is 8.20. The van der Waals surface area contributed by atoms with Crippen LogP contribution in [0.25, 0.3) is 11.5 Å². The first-order chi connectivity index (χ1) is 11.5. The third-order valence-electron chi connectivity index (χ3n) is 3.40. The molecule has 2 heterocycles. The number of nitrogens with one attached hydrogen (secondary N) is 1. The molecule has 0 spiro atoms. The predicted octanol–water partition coefficient (Wildman–Crippen LogP) is 3.18. The van der Waals surface area contributed by atoms with E-state index in [1.54, 1.807) is 31.2 Å². The molecule has 0 saturated carbocycles. The van der Waals surface area contributed by atoms with Gasteiger partial charge in [-0.05, 0) is 36.8 Å². The Morgan fingerprint density at radius 1 is 1.21 bits per heavy atom. The van der Waals surface area contributed by atoms with Gasteiger partial charge in [0.15, 0.2) is 5.76 Å². The summed E-state index contributed by atoms with van der Waals surface area (Å²) in [5.74, 6) is 0.524. The van der Waals surface area contributed by atoms with E-state index in [1.165, 1.54) is 24.7 Å². The summed E-state index contributed by atoms with van der Waals surface area (Å²) in [7, 11) is -3.73. The van der Waals surface area contributed by atoms with Crippen LogP contribution in [0.5, 0.6) is 0 Å². The van der Waals surface area contributed by atoms with Gasteiger partial charge in [-0.3, -0.25) is 4.98 Å². The molecule has 3 aromatic rings. The third kappa shape index (κ3) is 3.48. The molecule has 8 heteroatoms. The summed E-state index contributed by atoms with van der Waals surface area (Å²) in [5, 5.41) is 0.358. The normalized spacial score (nSPS) is 11.6. The van der Waals surface area contributed by atoms with Crippen molar-refractivity contribution in [2.45, 2.75) is 18.4 Å². The Morgan fingerprint density at radius 3 is 2.75 bits per heavy atom. The molecule has 3 rings (SSSR count). The molecule has 0 amide bonds. The van der Waals surface area contributed by atoms with Crippen LogP contribution in [0.1, 0.15) is 11.3 Å². The van der Waals surface area contributed by atoms with E-state index in [1.807, 2.05) is 0 Å². The first-order valence-corrected chi connectivity index (χ1v) is 8.93. The average Bonchev–Trinajstić information content (AvgIpc) is 3.10. The molecule has 0 aliphatic rings. The van der Waals surface area contributed by atoms with Crippen LogP contribution in [0.3, 0.4) is 0 Å². The number of sulfonamides is 1. The van der Waals surface area contributed by atoms with E-state index in [-0.39, 0.29) is 11.4 Å². The number of benzene rings is 1. The van der Waals surface area contributed by atoms with Crippen LogP contribution in [0.4, 0.5) is 0 Å². The fourth-order valence-corrected chi connectivity index (χ4v) is 3.71. The molecule has 0 unspecified atom stereocenters. The van der Waals surface area contributed by atoms with Crippen molar-refractivity contribution in [3.05, 3.63) is 65.3 Å². The van der Waals surface area contributed by atoms with Crippen molar-refractivity contribution in [3.63, 3.8) is 0 Å². The van der Waals surface area contributed by atoms with Gasteiger partial charge in [0.25, 0.3) is 0 Å². The molecule has 124 valence electrons. The van der Waals surface area contributed by atoms with Crippen LogP contribution in [0.15, 0.2) is 58.3 Å². The SMILES string of the molecule is Cc1ccc(Cl)cc1S(=O)(=O)NCc1nccnc1-c1ccco1. The fourth-order valence-electron chi connectivity index (χ4n) is 2.22. The Hall–Kier alpha value is -2.22. The minimum atomic E-state index is -3.73. The zero-order valence-electron chi connectivity index (χ0n) is 12.7. The van der Waals surface area contributed by atoms with Crippen molar-refractivity contribution in [1.29, 1.82) is 0 Å².